The van der Waals surface area contributed by atoms with Crippen molar-refractivity contribution in [1.82, 2.24) is 15.0 Å². The van der Waals surface area contributed by atoms with E-state index in [1.54, 1.807) is 89.5 Å². The molecule has 8 aromatic carbocycles. The lowest BCUT2D eigenvalue weighted by atomic mass is 10.0. The standard InChI is InChI=1S/C24H24ClNO5.C17H14ClNO2.C14H18O4.C13H12O2.C10H8ClNO2/c1-28-17-5-3-16(4-6-17)14-30-23(27)13-24(8-9-24)15-31-22-12-20-18(11-21(22)29-2)19(25)7-10-26-20;1-20-16-9-13-14(18)7-8-19-15(13)10-17(16)21-11-12-5-3-2-4-6-12;1-17-12-4-2-11(3-5-12)9-18-13(16)8-14(10-15)6-7-14;1-2-13(15)12-5-3-4-9-8-10(14)6-7-11(9)12;1-14-10-4-6-7(11)2-3-12-8(6)5-9(10)13/h3-7,10-12H,8-9,13-15H2,1-2H3;2-10H,11H2,1H3;2-5,15H,6-10H2,1H3;3-8,14H,2H2,1H3;2-5,13H,1H3. The number of carbonyl (C=O) groups is 3. The molecule has 0 radical (unpaired) electrons. The number of aromatic hydroxyl groups is 2. The number of methoxy groups -OCH3 is 5. The molecule has 2 fully saturated rings. The van der Waals surface area contributed by atoms with E-state index in [2.05, 4.69) is 15.0 Å². The third kappa shape index (κ3) is 20.3. The van der Waals surface area contributed by atoms with Gasteiger partial charge in [-0.05, 0) is 132 Å². The lowest BCUT2D eigenvalue weighted by molar-refractivity contribution is -0.147. The van der Waals surface area contributed by atoms with E-state index in [-0.39, 0.29) is 59.9 Å². The first kappa shape index (κ1) is 73.1. The van der Waals surface area contributed by atoms with E-state index < -0.39 is 0 Å². The molecule has 0 bridgehead atoms. The van der Waals surface area contributed by atoms with Crippen LogP contribution < -0.4 is 33.2 Å². The van der Waals surface area contributed by atoms with Crippen molar-refractivity contribution in [2.45, 2.75) is 71.7 Å². The van der Waals surface area contributed by atoms with E-state index in [1.165, 1.54) is 13.2 Å². The monoisotopic (exact) mass is 1400 g/mol. The minimum Gasteiger partial charge on any atom is -0.508 e. The van der Waals surface area contributed by atoms with Gasteiger partial charge in [0.05, 0.1) is 86.6 Å². The third-order valence-corrected chi connectivity index (χ3v) is 17.6. The second-order valence-electron chi connectivity index (χ2n) is 23.5. The number of Topliss-reactive ketones (excluding diaryl/α,β-unsaturated/α-hetero) is 1. The number of carbonyl (C=O) groups excluding carboxylic acids is 3. The quantitative estimate of drug-likeness (QED) is 0.0423. The number of phenolic OH excluding ortho intramolecular Hbond substituents is 2. The second kappa shape index (κ2) is 34.9. The summed E-state index contributed by atoms with van der Waals surface area (Å²) in [6.07, 6.45) is 9.75. The number of esters is 2. The molecule has 21 heteroatoms. The number of fused-ring (bicyclic) bond motifs is 4. The molecule has 99 heavy (non-hydrogen) atoms. The number of aliphatic hydroxyl groups excluding tert-OH is 1. The van der Waals surface area contributed by atoms with Crippen molar-refractivity contribution >= 4 is 96.0 Å². The van der Waals surface area contributed by atoms with Gasteiger partial charge in [-0.2, -0.15) is 0 Å². The number of phenols is 2. The van der Waals surface area contributed by atoms with Crippen LogP contribution in [-0.2, 0) is 38.9 Å². The number of rotatable bonds is 22. The summed E-state index contributed by atoms with van der Waals surface area (Å²) in [4.78, 5) is 48.4. The maximum absolute atomic E-state index is 12.4. The van der Waals surface area contributed by atoms with Gasteiger partial charge in [-0.15, -0.1) is 0 Å². The number of ether oxygens (including phenoxy) is 9. The number of halogens is 3. The SMILES string of the molecule is CCC(=O)c1cccc2cc(O)ccc12.COc1cc2c(Cl)ccnc2cc1O.COc1cc2c(Cl)ccnc2cc1OCc1ccccc1.COc1ccc(COC(=O)CC2(CO)CC2)cc1.COc1ccc(COC(=O)CC2(COc3cc4nccc(Cl)c4cc3OC)CC2)cc1. The number of nitrogens with zero attached hydrogens (tertiary/aromatic N) is 3. The van der Waals surface area contributed by atoms with Crippen molar-refractivity contribution in [2.24, 2.45) is 10.8 Å². The molecule has 3 heterocycles. The summed E-state index contributed by atoms with van der Waals surface area (Å²) in [6, 6.07) is 51.2. The fraction of sp³-hybridized carbons (Fsp3) is 0.256. The van der Waals surface area contributed by atoms with Crippen LogP contribution in [0.3, 0.4) is 0 Å². The molecule has 11 aromatic rings. The molecule has 514 valence electrons. The van der Waals surface area contributed by atoms with Crippen LogP contribution >= 0.6 is 34.8 Å². The molecule has 0 spiro atoms. The molecule has 2 aliphatic rings. The molecular weight excluding hydrogens is 1330 g/mol. The van der Waals surface area contributed by atoms with E-state index >= 15 is 0 Å². The number of aliphatic hydroxyl groups is 1. The fourth-order valence-electron chi connectivity index (χ4n) is 10.3. The predicted molar refractivity (Wildman–Crippen MR) is 383 cm³/mol. The topological polar surface area (TPSA) is 234 Å². The highest BCUT2D eigenvalue weighted by molar-refractivity contribution is 6.36. The van der Waals surface area contributed by atoms with Crippen LogP contribution in [0.15, 0.2) is 188 Å². The number of hydrogen-bond donors (Lipinski definition) is 3. The highest BCUT2D eigenvalue weighted by atomic mass is 35.5. The summed E-state index contributed by atoms with van der Waals surface area (Å²) in [5, 5.41) is 34.0. The van der Waals surface area contributed by atoms with Crippen molar-refractivity contribution in [1.29, 1.82) is 0 Å². The maximum atomic E-state index is 12.4. The second-order valence-corrected chi connectivity index (χ2v) is 24.8. The molecule has 18 nitrogen and oxygen atoms in total. The molecule has 2 saturated carbocycles. The van der Waals surface area contributed by atoms with Crippen LogP contribution in [-0.4, -0.2) is 96.8 Å². The summed E-state index contributed by atoms with van der Waals surface area (Å²) in [5.74, 6) is 4.37. The normalized spacial score (nSPS) is 12.7. The summed E-state index contributed by atoms with van der Waals surface area (Å²) in [5.41, 5.74) is 5.46. The predicted octanol–water partition coefficient (Wildman–Crippen LogP) is 17.3. The third-order valence-electron chi connectivity index (χ3n) is 16.6. The van der Waals surface area contributed by atoms with Gasteiger partial charge in [-0.3, -0.25) is 29.3 Å². The average molecular weight is 1400 g/mol. The van der Waals surface area contributed by atoms with Gasteiger partial charge in [0.2, 0.25) is 0 Å². The summed E-state index contributed by atoms with van der Waals surface area (Å²) in [7, 11) is 7.91. The Kier molecular flexibility index (Phi) is 25.8. The molecule has 0 atom stereocenters. The van der Waals surface area contributed by atoms with Gasteiger partial charge in [0, 0.05) is 82.4 Å². The van der Waals surface area contributed by atoms with E-state index in [0.717, 1.165) is 97.4 Å². The molecule has 2 aliphatic carbocycles. The van der Waals surface area contributed by atoms with Gasteiger partial charge in [0.1, 0.15) is 37.1 Å². The van der Waals surface area contributed by atoms with Crippen LogP contribution in [0.5, 0.6) is 51.7 Å². The Hall–Kier alpha value is -10.1. The number of aromatic nitrogens is 3. The largest absolute Gasteiger partial charge is 0.508 e. The lowest BCUT2D eigenvalue weighted by Crippen LogP contribution is -2.19. The van der Waals surface area contributed by atoms with Crippen molar-refractivity contribution in [3.8, 4) is 51.7 Å². The lowest BCUT2D eigenvalue weighted by Gasteiger charge is -2.18. The minimum absolute atomic E-state index is 0.0646. The van der Waals surface area contributed by atoms with E-state index in [1.807, 2.05) is 128 Å². The Morgan fingerprint density at radius 1 is 0.455 bits per heavy atom. The van der Waals surface area contributed by atoms with Gasteiger partial charge in [-0.25, -0.2) is 0 Å². The Morgan fingerprint density at radius 3 is 1.38 bits per heavy atom. The first-order valence-electron chi connectivity index (χ1n) is 31.7. The number of pyridine rings is 3. The molecule has 0 aliphatic heterocycles. The number of hydrogen-bond acceptors (Lipinski definition) is 18. The Balaban J connectivity index is 0.000000149. The van der Waals surface area contributed by atoms with Gasteiger partial charge < -0.3 is 58.0 Å². The number of benzene rings is 8. The van der Waals surface area contributed by atoms with Crippen molar-refractivity contribution in [2.75, 3.05) is 48.8 Å². The summed E-state index contributed by atoms with van der Waals surface area (Å²) in [6.45, 7) is 3.32. The highest BCUT2D eigenvalue weighted by Crippen LogP contribution is 2.50. The Bertz CT molecular complexity index is 4560. The molecule has 13 rings (SSSR count). The van der Waals surface area contributed by atoms with E-state index in [4.69, 9.17) is 82.5 Å². The molecule has 0 saturated heterocycles. The summed E-state index contributed by atoms with van der Waals surface area (Å²) >= 11 is 18.4. The zero-order valence-corrected chi connectivity index (χ0v) is 57.9. The van der Waals surface area contributed by atoms with Gasteiger partial charge >= 0.3 is 11.9 Å². The van der Waals surface area contributed by atoms with Crippen LogP contribution in [0.2, 0.25) is 15.1 Å². The van der Waals surface area contributed by atoms with Gasteiger partial charge in [0.15, 0.2) is 40.3 Å². The molecular formula is C78H76Cl3N3O15. The molecule has 0 unspecified atom stereocenters. The van der Waals surface area contributed by atoms with Crippen molar-refractivity contribution in [3.63, 3.8) is 0 Å². The summed E-state index contributed by atoms with van der Waals surface area (Å²) < 4.78 is 48.6. The minimum atomic E-state index is -0.239. The Labute approximate surface area is 588 Å². The van der Waals surface area contributed by atoms with Gasteiger partial charge in [0.25, 0.3) is 0 Å². The van der Waals surface area contributed by atoms with Crippen LogP contribution in [0.1, 0.15) is 78.9 Å². The zero-order valence-electron chi connectivity index (χ0n) is 55.6. The van der Waals surface area contributed by atoms with Crippen molar-refractivity contribution < 1.29 is 72.3 Å². The smallest absolute Gasteiger partial charge is 0.306 e. The maximum Gasteiger partial charge on any atom is 0.306 e. The van der Waals surface area contributed by atoms with Crippen LogP contribution in [0.4, 0.5) is 0 Å². The zero-order chi connectivity index (χ0) is 70.5. The number of ketones is 1. The molecule has 3 aromatic heterocycles. The molecule has 3 N–H and O–H groups in total. The van der Waals surface area contributed by atoms with Crippen LogP contribution in [0, 0.1) is 10.8 Å². The van der Waals surface area contributed by atoms with Gasteiger partial charge in [-0.1, -0.05) is 115 Å². The first-order chi connectivity index (χ1) is 47.9. The first-order valence-corrected chi connectivity index (χ1v) is 32.8. The Morgan fingerprint density at radius 2 is 0.919 bits per heavy atom. The van der Waals surface area contributed by atoms with E-state index in [9.17, 15) is 24.6 Å². The van der Waals surface area contributed by atoms with Crippen LogP contribution in [0.25, 0.3) is 43.5 Å². The molecule has 0 amide bonds. The fourth-order valence-corrected chi connectivity index (χ4v) is 11.0. The van der Waals surface area contributed by atoms with E-state index in [0.29, 0.717) is 81.8 Å². The van der Waals surface area contributed by atoms with Crippen molar-refractivity contribution in [3.05, 3.63) is 226 Å². The average Bonchev–Trinajstić information content (AvgIpc) is 1.16. The highest BCUT2D eigenvalue weighted by Gasteiger charge is 2.46.